The molecule has 0 saturated carbocycles. The van der Waals surface area contributed by atoms with E-state index in [1.807, 2.05) is 24.3 Å². The molecule has 0 fully saturated rings. The van der Waals surface area contributed by atoms with E-state index in [-0.39, 0.29) is 23.1 Å². The van der Waals surface area contributed by atoms with Crippen LogP contribution < -0.4 is 10.6 Å². The first-order valence-corrected chi connectivity index (χ1v) is 10.3. The van der Waals surface area contributed by atoms with Gasteiger partial charge in [0.05, 0.1) is 15.8 Å². The first-order chi connectivity index (χ1) is 11.8. The zero-order valence-corrected chi connectivity index (χ0v) is 15.0. The van der Waals surface area contributed by atoms with Crippen LogP contribution >= 0.6 is 11.8 Å². The molecule has 2 aromatic carbocycles. The van der Waals surface area contributed by atoms with E-state index in [2.05, 4.69) is 10.6 Å². The van der Waals surface area contributed by atoms with Gasteiger partial charge in [0, 0.05) is 23.3 Å². The molecule has 8 heteroatoms. The van der Waals surface area contributed by atoms with E-state index in [0.717, 1.165) is 16.8 Å². The van der Waals surface area contributed by atoms with Gasteiger partial charge in [-0.05, 0) is 30.3 Å². The molecule has 2 aromatic rings. The van der Waals surface area contributed by atoms with Crippen LogP contribution in [0, 0.1) is 0 Å². The number of amides is 2. The van der Waals surface area contributed by atoms with Crippen molar-refractivity contribution in [1.29, 1.82) is 0 Å². The molecule has 1 heterocycles. The van der Waals surface area contributed by atoms with Crippen molar-refractivity contribution in [1.82, 2.24) is 0 Å². The number of anilines is 2. The summed E-state index contributed by atoms with van der Waals surface area (Å²) >= 11 is 1.34. The van der Waals surface area contributed by atoms with Gasteiger partial charge >= 0.3 is 0 Å². The highest BCUT2D eigenvalue weighted by molar-refractivity contribution is 8.01. The molecular weight excluding hydrogens is 360 g/mol. The Morgan fingerprint density at radius 2 is 1.96 bits per heavy atom. The minimum atomic E-state index is -3.35. The van der Waals surface area contributed by atoms with Crippen molar-refractivity contribution in [3.05, 3.63) is 48.5 Å². The van der Waals surface area contributed by atoms with Gasteiger partial charge in [0.1, 0.15) is 0 Å². The first kappa shape index (κ1) is 17.5. The molecule has 0 bridgehead atoms. The van der Waals surface area contributed by atoms with E-state index in [1.54, 1.807) is 12.1 Å². The van der Waals surface area contributed by atoms with Crippen LogP contribution in [-0.2, 0) is 19.4 Å². The van der Waals surface area contributed by atoms with Gasteiger partial charge in [-0.2, -0.15) is 0 Å². The van der Waals surface area contributed by atoms with Crippen LogP contribution in [0.1, 0.15) is 6.42 Å². The number of nitrogens with one attached hydrogen (secondary N) is 2. The molecule has 0 radical (unpaired) electrons. The number of carbonyl (C=O) groups is 2. The number of para-hydroxylation sites is 1. The Bertz CT molecular complexity index is 941. The van der Waals surface area contributed by atoms with Gasteiger partial charge in [-0.15, -0.1) is 11.8 Å². The molecule has 1 aliphatic heterocycles. The van der Waals surface area contributed by atoms with Crippen LogP contribution in [0.2, 0.25) is 0 Å². The predicted octanol–water partition coefficient (Wildman–Crippen LogP) is 2.53. The number of hydrogen-bond donors (Lipinski definition) is 2. The number of fused-ring (bicyclic) bond motifs is 1. The number of sulfone groups is 1. The quantitative estimate of drug-likeness (QED) is 0.855. The lowest BCUT2D eigenvalue weighted by Gasteiger charge is -2.23. The number of hydrogen-bond acceptors (Lipinski definition) is 5. The zero-order chi connectivity index (χ0) is 18.0. The van der Waals surface area contributed by atoms with Crippen LogP contribution in [-0.4, -0.2) is 31.7 Å². The van der Waals surface area contributed by atoms with E-state index < -0.39 is 15.1 Å². The van der Waals surface area contributed by atoms with E-state index in [0.29, 0.717) is 5.69 Å². The lowest BCUT2D eigenvalue weighted by atomic mass is 10.2. The zero-order valence-electron chi connectivity index (χ0n) is 13.4. The third kappa shape index (κ3) is 4.21. The van der Waals surface area contributed by atoms with Crippen molar-refractivity contribution in [2.45, 2.75) is 21.5 Å². The second-order valence-corrected chi connectivity index (χ2v) is 8.90. The molecule has 130 valence electrons. The summed E-state index contributed by atoms with van der Waals surface area (Å²) in [4.78, 5) is 25.4. The van der Waals surface area contributed by atoms with E-state index in [9.17, 15) is 18.0 Å². The lowest BCUT2D eigenvalue weighted by Crippen LogP contribution is -2.32. The van der Waals surface area contributed by atoms with E-state index in [1.165, 1.54) is 23.9 Å². The molecule has 0 spiro atoms. The summed E-state index contributed by atoms with van der Waals surface area (Å²) in [6, 6.07) is 13.4. The first-order valence-electron chi connectivity index (χ1n) is 7.49. The van der Waals surface area contributed by atoms with Gasteiger partial charge in [0.15, 0.2) is 9.84 Å². The summed E-state index contributed by atoms with van der Waals surface area (Å²) in [6.07, 6.45) is 1.10. The standard InChI is InChI=1S/C17H16N2O4S2/c1-25(22,23)12-6-4-5-11(9-12)18-16(20)10-15-17(21)19-13-7-2-3-8-14(13)24-15/h2-9,15H,10H2,1H3,(H,18,20)(H,19,21). The van der Waals surface area contributed by atoms with Crippen molar-refractivity contribution >= 4 is 44.8 Å². The van der Waals surface area contributed by atoms with Crippen LogP contribution in [0.15, 0.2) is 58.3 Å². The Balaban J connectivity index is 1.68. The van der Waals surface area contributed by atoms with Gasteiger partial charge in [-0.3, -0.25) is 9.59 Å². The van der Waals surface area contributed by atoms with Gasteiger partial charge < -0.3 is 10.6 Å². The largest absolute Gasteiger partial charge is 0.326 e. The van der Waals surface area contributed by atoms with Crippen LogP contribution in [0.3, 0.4) is 0 Å². The van der Waals surface area contributed by atoms with E-state index >= 15 is 0 Å². The molecule has 6 nitrogen and oxygen atoms in total. The maximum Gasteiger partial charge on any atom is 0.238 e. The molecule has 1 unspecified atom stereocenters. The minimum Gasteiger partial charge on any atom is -0.326 e. The number of benzene rings is 2. The predicted molar refractivity (Wildman–Crippen MR) is 97.5 cm³/mol. The number of rotatable bonds is 4. The van der Waals surface area contributed by atoms with Crippen molar-refractivity contribution in [3.63, 3.8) is 0 Å². The Hall–Kier alpha value is -2.32. The molecule has 3 rings (SSSR count). The minimum absolute atomic E-state index is 0.00601. The summed E-state index contributed by atoms with van der Waals surface area (Å²) in [6.45, 7) is 0. The summed E-state index contributed by atoms with van der Waals surface area (Å²) < 4.78 is 23.2. The summed E-state index contributed by atoms with van der Waals surface area (Å²) in [5.74, 6) is -0.568. The smallest absolute Gasteiger partial charge is 0.238 e. The second kappa shape index (κ2) is 6.89. The summed E-state index contributed by atoms with van der Waals surface area (Å²) in [7, 11) is -3.35. The Kier molecular flexibility index (Phi) is 4.82. The van der Waals surface area contributed by atoms with Gasteiger partial charge in [0.25, 0.3) is 0 Å². The van der Waals surface area contributed by atoms with Crippen molar-refractivity contribution in [2.24, 2.45) is 0 Å². The third-order valence-corrected chi connectivity index (χ3v) is 6.01. The fourth-order valence-corrected chi connectivity index (χ4v) is 4.19. The highest BCUT2D eigenvalue weighted by Gasteiger charge is 2.28. The Morgan fingerprint density at radius 1 is 1.20 bits per heavy atom. The normalized spacial score (nSPS) is 16.7. The van der Waals surface area contributed by atoms with E-state index in [4.69, 9.17) is 0 Å². The molecule has 0 saturated heterocycles. The maximum absolute atomic E-state index is 12.2. The average molecular weight is 376 g/mol. The molecule has 25 heavy (non-hydrogen) atoms. The summed E-state index contributed by atoms with van der Waals surface area (Å²) in [5.41, 5.74) is 1.13. The van der Waals surface area contributed by atoms with Crippen molar-refractivity contribution < 1.29 is 18.0 Å². The number of carbonyl (C=O) groups excluding carboxylic acids is 2. The fraction of sp³-hybridized carbons (Fsp3) is 0.176. The molecule has 0 aliphatic carbocycles. The highest BCUT2D eigenvalue weighted by atomic mass is 32.2. The van der Waals surface area contributed by atoms with Crippen LogP contribution in [0.4, 0.5) is 11.4 Å². The maximum atomic E-state index is 12.2. The highest BCUT2D eigenvalue weighted by Crippen LogP contribution is 2.36. The molecular formula is C17H16N2O4S2. The molecule has 2 amide bonds. The molecule has 0 aromatic heterocycles. The molecule has 1 atom stereocenters. The van der Waals surface area contributed by atoms with Crippen molar-refractivity contribution in [3.8, 4) is 0 Å². The third-order valence-electron chi connectivity index (χ3n) is 3.62. The van der Waals surface area contributed by atoms with Crippen molar-refractivity contribution in [2.75, 3.05) is 16.9 Å². The van der Waals surface area contributed by atoms with Gasteiger partial charge in [0.2, 0.25) is 11.8 Å². The molecule has 1 aliphatic rings. The van der Waals surface area contributed by atoms with Gasteiger partial charge in [-0.25, -0.2) is 8.42 Å². The monoisotopic (exact) mass is 376 g/mol. The Labute approximate surface area is 149 Å². The Morgan fingerprint density at radius 3 is 2.72 bits per heavy atom. The van der Waals surface area contributed by atoms with Gasteiger partial charge in [-0.1, -0.05) is 18.2 Å². The fourth-order valence-electron chi connectivity index (χ4n) is 2.41. The lowest BCUT2D eigenvalue weighted by molar-refractivity contribution is -0.120. The van der Waals surface area contributed by atoms with Crippen LogP contribution in [0.25, 0.3) is 0 Å². The topological polar surface area (TPSA) is 92.3 Å². The average Bonchev–Trinajstić information content (AvgIpc) is 2.55. The second-order valence-electron chi connectivity index (χ2n) is 5.64. The number of thioether (sulfide) groups is 1. The van der Waals surface area contributed by atoms with Crippen LogP contribution in [0.5, 0.6) is 0 Å². The SMILES string of the molecule is CS(=O)(=O)c1cccc(NC(=O)CC2Sc3ccccc3NC2=O)c1. The summed E-state index contributed by atoms with van der Waals surface area (Å²) in [5, 5.41) is 4.90. The molecule has 2 N–H and O–H groups in total.